The molecule has 1 amide bonds. The molecule has 2 saturated heterocycles. The molecule has 2 aliphatic heterocycles. The van der Waals surface area contributed by atoms with E-state index in [1.807, 2.05) is 24.5 Å². The third-order valence-corrected chi connectivity index (χ3v) is 4.91. The van der Waals surface area contributed by atoms with E-state index in [1.54, 1.807) is 0 Å². The van der Waals surface area contributed by atoms with Gasteiger partial charge in [0, 0.05) is 43.8 Å². The highest BCUT2D eigenvalue weighted by Gasteiger charge is 2.35. The van der Waals surface area contributed by atoms with Crippen LogP contribution in [0.25, 0.3) is 5.65 Å². The van der Waals surface area contributed by atoms with Gasteiger partial charge in [-0.25, -0.2) is 4.98 Å². The number of fused-ring (bicyclic) bond motifs is 1. The van der Waals surface area contributed by atoms with E-state index < -0.39 is 0 Å². The van der Waals surface area contributed by atoms with E-state index in [1.165, 1.54) is 5.69 Å². The number of carbonyl (C=O) groups is 1. The lowest BCUT2D eigenvalue weighted by Gasteiger charge is -2.31. The molecule has 0 saturated carbocycles. The summed E-state index contributed by atoms with van der Waals surface area (Å²) in [4.78, 5) is 19.3. The van der Waals surface area contributed by atoms with Crippen LogP contribution in [0.3, 0.4) is 0 Å². The molecule has 1 atom stereocenters. The summed E-state index contributed by atoms with van der Waals surface area (Å²) in [6.07, 6.45) is 7.63. The summed E-state index contributed by atoms with van der Waals surface area (Å²) < 4.78 is 7.50. The molecule has 0 aromatic carbocycles. The SMILES string of the molecule is O=C(C1CCOCC1)N1CCC[C@H]1c1cccc2nccn12. The van der Waals surface area contributed by atoms with E-state index in [-0.39, 0.29) is 12.0 Å². The first-order valence-corrected chi connectivity index (χ1v) is 8.15. The maximum atomic E-state index is 12.9. The van der Waals surface area contributed by atoms with Crippen molar-refractivity contribution < 1.29 is 9.53 Å². The summed E-state index contributed by atoms with van der Waals surface area (Å²) in [5, 5.41) is 0. The van der Waals surface area contributed by atoms with E-state index in [9.17, 15) is 4.79 Å². The molecule has 0 N–H and O–H groups in total. The Balaban J connectivity index is 1.63. The fourth-order valence-corrected chi connectivity index (χ4v) is 3.76. The number of carbonyl (C=O) groups excluding carboxylic acids is 1. The minimum Gasteiger partial charge on any atom is -0.381 e. The number of hydrogen-bond acceptors (Lipinski definition) is 3. The number of hydrogen-bond donors (Lipinski definition) is 0. The fourth-order valence-electron chi connectivity index (χ4n) is 3.76. The second kappa shape index (κ2) is 5.72. The van der Waals surface area contributed by atoms with Crippen molar-refractivity contribution in [2.24, 2.45) is 5.92 Å². The quantitative estimate of drug-likeness (QED) is 0.855. The number of aromatic nitrogens is 2. The Morgan fingerprint density at radius 2 is 2.09 bits per heavy atom. The van der Waals surface area contributed by atoms with Gasteiger partial charge in [-0.05, 0) is 37.8 Å². The molecule has 116 valence electrons. The monoisotopic (exact) mass is 299 g/mol. The van der Waals surface area contributed by atoms with Crippen LogP contribution in [-0.4, -0.2) is 40.0 Å². The van der Waals surface area contributed by atoms with Gasteiger partial charge < -0.3 is 14.0 Å². The third-order valence-electron chi connectivity index (χ3n) is 4.91. The lowest BCUT2D eigenvalue weighted by molar-refractivity contribution is -0.139. The van der Waals surface area contributed by atoms with E-state index in [4.69, 9.17) is 4.74 Å². The van der Waals surface area contributed by atoms with Gasteiger partial charge in [0.25, 0.3) is 0 Å². The van der Waals surface area contributed by atoms with E-state index in [0.29, 0.717) is 19.1 Å². The van der Waals surface area contributed by atoms with Crippen LogP contribution in [0.15, 0.2) is 30.6 Å². The Morgan fingerprint density at radius 3 is 2.95 bits per heavy atom. The summed E-state index contributed by atoms with van der Waals surface area (Å²) in [5.41, 5.74) is 2.12. The van der Waals surface area contributed by atoms with Crippen LogP contribution in [0, 0.1) is 5.92 Å². The largest absolute Gasteiger partial charge is 0.381 e. The Labute approximate surface area is 129 Å². The molecule has 4 heterocycles. The first kappa shape index (κ1) is 13.8. The van der Waals surface area contributed by atoms with Crippen molar-refractivity contribution in [1.29, 1.82) is 0 Å². The molecule has 2 aliphatic rings. The van der Waals surface area contributed by atoms with Crippen molar-refractivity contribution in [2.75, 3.05) is 19.8 Å². The minimum absolute atomic E-state index is 0.136. The standard InChI is InChI=1S/C17H21N3O2/c21-17(13-6-11-22-12-7-13)20-9-2-4-15(20)14-3-1-5-16-18-8-10-19(14)16/h1,3,5,8,10,13,15H,2,4,6-7,9,11-12H2/t15-/m0/s1. The average Bonchev–Trinajstić information content (AvgIpc) is 3.23. The Kier molecular flexibility index (Phi) is 3.58. The zero-order valence-corrected chi connectivity index (χ0v) is 12.6. The van der Waals surface area contributed by atoms with Gasteiger partial charge in [-0.1, -0.05) is 6.07 Å². The van der Waals surface area contributed by atoms with Crippen LogP contribution < -0.4 is 0 Å². The second-order valence-electron chi connectivity index (χ2n) is 6.18. The smallest absolute Gasteiger partial charge is 0.226 e. The van der Waals surface area contributed by atoms with Gasteiger partial charge in [-0.2, -0.15) is 0 Å². The number of ether oxygens (including phenoxy) is 1. The van der Waals surface area contributed by atoms with Crippen molar-refractivity contribution in [2.45, 2.75) is 31.7 Å². The summed E-state index contributed by atoms with van der Waals surface area (Å²) in [6.45, 7) is 2.30. The number of imidazole rings is 1. The van der Waals surface area contributed by atoms with Crippen LogP contribution in [0.2, 0.25) is 0 Å². The van der Waals surface area contributed by atoms with E-state index >= 15 is 0 Å². The summed E-state index contributed by atoms with van der Waals surface area (Å²) in [6, 6.07) is 6.33. The number of likely N-dealkylation sites (tertiary alicyclic amines) is 1. The van der Waals surface area contributed by atoms with Crippen molar-refractivity contribution in [3.8, 4) is 0 Å². The molecule has 2 aromatic rings. The van der Waals surface area contributed by atoms with Gasteiger partial charge in [0.05, 0.1) is 6.04 Å². The molecular weight excluding hydrogens is 278 g/mol. The molecule has 22 heavy (non-hydrogen) atoms. The van der Waals surface area contributed by atoms with Crippen LogP contribution in [0.1, 0.15) is 37.4 Å². The molecule has 2 fully saturated rings. The van der Waals surface area contributed by atoms with E-state index in [0.717, 1.165) is 37.9 Å². The van der Waals surface area contributed by atoms with Crippen LogP contribution in [0.4, 0.5) is 0 Å². The van der Waals surface area contributed by atoms with Gasteiger partial charge in [-0.3, -0.25) is 4.79 Å². The number of rotatable bonds is 2. The minimum atomic E-state index is 0.136. The normalized spacial score (nSPS) is 23.3. The van der Waals surface area contributed by atoms with Crippen LogP contribution in [0.5, 0.6) is 0 Å². The van der Waals surface area contributed by atoms with Crippen LogP contribution >= 0.6 is 0 Å². The first-order valence-electron chi connectivity index (χ1n) is 8.15. The van der Waals surface area contributed by atoms with Crippen molar-refractivity contribution in [3.63, 3.8) is 0 Å². The molecule has 4 rings (SSSR count). The van der Waals surface area contributed by atoms with Gasteiger partial charge in [0.1, 0.15) is 5.65 Å². The highest BCUT2D eigenvalue weighted by molar-refractivity contribution is 5.79. The molecule has 0 radical (unpaired) electrons. The predicted octanol–water partition coefficient (Wildman–Crippen LogP) is 2.42. The van der Waals surface area contributed by atoms with Gasteiger partial charge in [0.15, 0.2) is 0 Å². The maximum Gasteiger partial charge on any atom is 0.226 e. The average molecular weight is 299 g/mol. The molecule has 2 aromatic heterocycles. The van der Waals surface area contributed by atoms with Crippen molar-refractivity contribution in [1.82, 2.24) is 14.3 Å². The molecule has 0 spiro atoms. The van der Waals surface area contributed by atoms with Crippen molar-refractivity contribution in [3.05, 3.63) is 36.3 Å². The topological polar surface area (TPSA) is 46.8 Å². The number of amides is 1. The Hall–Kier alpha value is -1.88. The summed E-state index contributed by atoms with van der Waals surface area (Å²) in [7, 11) is 0. The molecule has 0 bridgehead atoms. The zero-order chi connectivity index (χ0) is 14.9. The molecule has 5 nitrogen and oxygen atoms in total. The zero-order valence-electron chi connectivity index (χ0n) is 12.6. The van der Waals surface area contributed by atoms with Crippen molar-refractivity contribution >= 4 is 11.6 Å². The predicted molar refractivity (Wildman–Crippen MR) is 82.4 cm³/mol. The third kappa shape index (κ3) is 2.29. The van der Waals surface area contributed by atoms with Gasteiger partial charge >= 0.3 is 0 Å². The highest BCUT2D eigenvalue weighted by atomic mass is 16.5. The number of pyridine rings is 1. The molecular formula is C17H21N3O2. The second-order valence-corrected chi connectivity index (χ2v) is 6.18. The first-order chi connectivity index (χ1) is 10.8. The Bertz CT molecular complexity index is 675. The van der Waals surface area contributed by atoms with E-state index in [2.05, 4.69) is 20.4 Å². The number of nitrogens with zero attached hydrogens (tertiary/aromatic N) is 3. The fraction of sp³-hybridized carbons (Fsp3) is 0.529. The summed E-state index contributed by atoms with van der Waals surface area (Å²) in [5.74, 6) is 0.444. The van der Waals surface area contributed by atoms with Gasteiger partial charge in [-0.15, -0.1) is 0 Å². The lowest BCUT2D eigenvalue weighted by Crippen LogP contribution is -2.38. The molecule has 0 aliphatic carbocycles. The summed E-state index contributed by atoms with van der Waals surface area (Å²) >= 11 is 0. The van der Waals surface area contributed by atoms with Gasteiger partial charge in [0.2, 0.25) is 5.91 Å². The van der Waals surface area contributed by atoms with Crippen LogP contribution in [-0.2, 0) is 9.53 Å². The molecule has 0 unspecified atom stereocenters. The highest BCUT2D eigenvalue weighted by Crippen LogP contribution is 2.34. The Morgan fingerprint density at radius 1 is 1.23 bits per heavy atom. The lowest BCUT2D eigenvalue weighted by atomic mass is 9.98. The molecule has 5 heteroatoms. The maximum absolute atomic E-state index is 12.9.